The number of hydrogen-bond acceptors (Lipinski definition) is 7. The van der Waals surface area contributed by atoms with Gasteiger partial charge in [0.15, 0.2) is 6.10 Å². The van der Waals surface area contributed by atoms with Gasteiger partial charge in [-0.25, -0.2) is 4.57 Å². The number of carbonyl (C=O) groups excluding carboxylic acids is 2. The van der Waals surface area contributed by atoms with Crippen molar-refractivity contribution in [1.29, 1.82) is 0 Å². The number of carbonyl (C=O) groups is 2. The van der Waals surface area contributed by atoms with Crippen LogP contribution in [0.4, 0.5) is 0 Å². The maximum Gasteiger partial charge on any atom is 0.472 e. The average Bonchev–Trinajstić information content (AvgIpc) is 3.23. The third-order valence-corrected chi connectivity index (χ3v) is 11.7. The molecule has 0 saturated heterocycles. The molecule has 0 amide bonds. The third kappa shape index (κ3) is 45.5. The zero-order chi connectivity index (χ0) is 43.9. The summed E-state index contributed by atoms with van der Waals surface area (Å²) in [7, 11) is -4.29. The summed E-state index contributed by atoms with van der Waals surface area (Å²) in [6, 6.07) is 0. The maximum atomic E-state index is 12.6. The SMILES string of the molecule is CCCCC/C=C\C/C=C\CCCCCCCCCC(=O)OCC(COP(=O)(O)OCC)OC(=O)CCCCCCCCCCCCC/C=C\C/C=C\CCCCCCC. The number of esters is 2. The van der Waals surface area contributed by atoms with Crippen LogP contribution in [0.2, 0.25) is 0 Å². The molecule has 0 spiro atoms. The minimum atomic E-state index is -4.29. The molecule has 0 saturated carbocycles. The van der Waals surface area contributed by atoms with Gasteiger partial charge in [0.1, 0.15) is 6.61 Å². The van der Waals surface area contributed by atoms with E-state index in [-0.39, 0.29) is 32.0 Å². The quantitative estimate of drug-likeness (QED) is 0.0279. The highest BCUT2D eigenvalue weighted by atomic mass is 31.2. The maximum absolute atomic E-state index is 12.6. The molecule has 350 valence electrons. The Bertz CT molecular complexity index is 1120. The fourth-order valence-electron chi connectivity index (χ4n) is 6.93. The molecule has 0 aromatic rings. The number of allylic oxidation sites excluding steroid dienone is 8. The van der Waals surface area contributed by atoms with Crippen LogP contribution in [0, 0.1) is 0 Å². The van der Waals surface area contributed by atoms with Gasteiger partial charge in [0, 0.05) is 12.8 Å². The molecular formula is C51H93O8P. The van der Waals surface area contributed by atoms with Crippen molar-refractivity contribution in [3.63, 3.8) is 0 Å². The highest BCUT2D eigenvalue weighted by Crippen LogP contribution is 2.43. The molecule has 0 bridgehead atoms. The monoisotopic (exact) mass is 865 g/mol. The van der Waals surface area contributed by atoms with Crippen molar-refractivity contribution in [2.24, 2.45) is 0 Å². The van der Waals surface area contributed by atoms with E-state index in [4.69, 9.17) is 18.5 Å². The predicted molar refractivity (Wildman–Crippen MR) is 253 cm³/mol. The second kappa shape index (κ2) is 46.5. The van der Waals surface area contributed by atoms with Gasteiger partial charge in [0.25, 0.3) is 0 Å². The Morgan fingerprint density at radius 3 is 1.22 bits per heavy atom. The van der Waals surface area contributed by atoms with Crippen LogP contribution in [-0.4, -0.2) is 42.8 Å². The lowest BCUT2D eigenvalue weighted by Gasteiger charge is -2.19. The van der Waals surface area contributed by atoms with Gasteiger partial charge in [-0.1, -0.05) is 191 Å². The minimum absolute atomic E-state index is 0.00207. The van der Waals surface area contributed by atoms with Gasteiger partial charge in [0.05, 0.1) is 13.2 Å². The summed E-state index contributed by atoms with van der Waals surface area (Å²) in [5, 5.41) is 0. The van der Waals surface area contributed by atoms with Gasteiger partial charge in [-0.3, -0.25) is 18.6 Å². The van der Waals surface area contributed by atoms with Gasteiger partial charge >= 0.3 is 19.8 Å². The Morgan fingerprint density at radius 1 is 0.450 bits per heavy atom. The molecule has 0 aliphatic rings. The first-order valence-electron chi connectivity index (χ1n) is 24.9. The van der Waals surface area contributed by atoms with E-state index in [1.807, 2.05) is 0 Å². The standard InChI is InChI=1S/C51H93O8P/c1-4-7-9-11-13-15-17-19-21-23-24-25-26-27-28-30-32-34-36-38-40-42-44-46-51(53)59-49(48-58-60(54,55)57-6-3)47-56-50(52)45-43-41-39-37-35-33-31-29-22-20-18-16-14-12-10-8-5-2/h14,16-17,19-20,22-24,49H,4-13,15,18,21,25-48H2,1-3H3,(H,54,55)/b16-14-,19-17-,22-20-,24-23-. The summed E-state index contributed by atoms with van der Waals surface area (Å²) in [6.07, 6.45) is 55.9. The zero-order valence-corrected chi connectivity index (χ0v) is 40.0. The van der Waals surface area contributed by atoms with E-state index in [0.29, 0.717) is 6.42 Å². The number of phosphoric ester groups is 1. The first-order valence-corrected chi connectivity index (χ1v) is 26.4. The van der Waals surface area contributed by atoms with Crippen LogP contribution in [0.15, 0.2) is 48.6 Å². The molecule has 0 radical (unpaired) electrons. The first-order chi connectivity index (χ1) is 29.3. The molecule has 2 unspecified atom stereocenters. The van der Waals surface area contributed by atoms with Gasteiger partial charge < -0.3 is 14.4 Å². The fraction of sp³-hybridized carbons (Fsp3) is 0.804. The number of unbranched alkanes of at least 4 members (excludes halogenated alkanes) is 26. The molecule has 8 nitrogen and oxygen atoms in total. The van der Waals surface area contributed by atoms with Crippen molar-refractivity contribution in [3.05, 3.63) is 48.6 Å². The lowest BCUT2D eigenvalue weighted by molar-refractivity contribution is -0.161. The third-order valence-electron chi connectivity index (χ3n) is 10.6. The van der Waals surface area contributed by atoms with Gasteiger partial charge in [-0.05, 0) is 84.0 Å². The molecule has 0 aromatic carbocycles. The van der Waals surface area contributed by atoms with E-state index in [2.05, 4.69) is 62.5 Å². The van der Waals surface area contributed by atoms with E-state index >= 15 is 0 Å². The molecule has 1 N–H and O–H groups in total. The van der Waals surface area contributed by atoms with Crippen molar-refractivity contribution in [3.8, 4) is 0 Å². The van der Waals surface area contributed by atoms with Crippen molar-refractivity contribution < 1.29 is 37.6 Å². The molecule has 0 aliphatic carbocycles. The lowest BCUT2D eigenvalue weighted by Crippen LogP contribution is -2.29. The predicted octanol–water partition coefficient (Wildman–Crippen LogP) is 16.1. The van der Waals surface area contributed by atoms with Crippen molar-refractivity contribution in [2.45, 2.75) is 245 Å². The highest BCUT2D eigenvalue weighted by Gasteiger charge is 2.25. The number of phosphoric acid groups is 1. The Kier molecular flexibility index (Phi) is 45.0. The normalized spacial score (nSPS) is 13.6. The molecular weight excluding hydrogens is 772 g/mol. The minimum Gasteiger partial charge on any atom is -0.462 e. The van der Waals surface area contributed by atoms with E-state index in [1.54, 1.807) is 6.92 Å². The van der Waals surface area contributed by atoms with Crippen LogP contribution in [0.25, 0.3) is 0 Å². The number of hydrogen-bond donors (Lipinski definition) is 1. The van der Waals surface area contributed by atoms with E-state index in [1.165, 1.54) is 141 Å². The van der Waals surface area contributed by atoms with E-state index in [9.17, 15) is 19.0 Å². The molecule has 0 rings (SSSR count). The molecule has 9 heteroatoms. The summed E-state index contributed by atoms with van der Waals surface area (Å²) >= 11 is 0. The smallest absolute Gasteiger partial charge is 0.462 e. The molecule has 0 aliphatic heterocycles. The van der Waals surface area contributed by atoms with Crippen LogP contribution in [-0.2, 0) is 32.7 Å². The zero-order valence-electron chi connectivity index (χ0n) is 39.1. The van der Waals surface area contributed by atoms with Crippen LogP contribution >= 0.6 is 7.82 Å². The molecule has 60 heavy (non-hydrogen) atoms. The molecule has 2 atom stereocenters. The molecule has 0 fully saturated rings. The van der Waals surface area contributed by atoms with Crippen molar-refractivity contribution in [2.75, 3.05) is 19.8 Å². The van der Waals surface area contributed by atoms with Crippen LogP contribution in [0.5, 0.6) is 0 Å². The van der Waals surface area contributed by atoms with E-state index in [0.717, 1.165) is 57.8 Å². The van der Waals surface area contributed by atoms with Gasteiger partial charge in [0.2, 0.25) is 0 Å². The Balaban J connectivity index is 4.00. The van der Waals surface area contributed by atoms with Crippen LogP contribution in [0.1, 0.15) is 239 Å². The summed E-state index contributed by atoms with van der Waals surface area (Å²) in [6.45, 7) is 5.46. The van der Waals surface area contributed by atoms with Crippen molar-refractivity contribution in [1.82, 2.24) is 0 Å². The lowest BCUT2D eigenvalue weighted by atomic mass is 10.0. The van der Waals surface area contributed by atoms with E-state index < -0.39 is 26.5 Å². The Hall–Kier alpha value is -1.99. The Morgan fingerprint density at radius 2 is 0.800 bits per heavy atom. The summed E-state index contributed by atoms with van der Waals surface area (Å²) < 4.78 is 32.8. The average molecular weight is 865 g/mol. The molecule has 0 heterocycles. The summed E-state index contributed by atoms with van der Waals surface area (Å²) in [5.41, 5.74) is 0. The fourth-order valence-corrected chi connectivity index (χ4v) is 7.68. The Labute approximate surface area is 369 Å². The topological polar surface area (TPSA) is 108 Å². The van der Waals surface area contributed by atoms with Gasteiger partial charge in [-0.15, -0.1) is 0 Å². The molecule has 0 aromatic heterocycles. The highest BCUT2D eigenvalue weighted by molar-refractivity contribution is 7.47. The summed E-state index contributed by atoms with van der Waals surface area (Å²) in [4.78, 5) is 34.9. The summed E-state index contributed by atoms with van der Waals surface area (Å²) in [5.74, 6) is -0.804. The van der Waals surface area contributed by atoms with Crippen molar-refractivity contribution >= 4 is 19.8 Å². The number of ether oxygens (including phenoxy) is 2. The second-order valence-electron chi connectivity index (χ2n) is 16.5. The first kappa shape index (κ1) is 58.0. The van der Waals surface area contributed by atoms with Crippen LogP contribution in [0.3, 0.4) is 0 Å². The largest absolute Gasteiger partial charge is 0.472 e. The number of rotatable bonds is 46. The van der Waals surface area contributed by atoms with Crippen LogP contribution < -0.4 is 0 Å². The van der Waals surface area contributed by atoms with Gasteiger partial charge in [-0.2, -0.15) is 0 Å². The second-order valence-corrected chi connectivity index (χ2v) is 17.9.